The molecule has 4 aromatic rings. The lowest BCUT2D eigenvalue weighted by Gasteiger charge is -2.35. The highest BCUT2D eigenvalue weighted by Crippen LogP contribution is 2.35. The third kappa shape index (κ3) is 5.26. The van der Waals surface area contributed by atoms with Crippen LogP contribution in [0.1, 0.15) is 11.6 Å². The summed E-state index contributed by atoms with van der Waals surface area (Å²) in [6.07, 6.45) is 1.57. The maximum atomic E-state index is 13.5. The van der Waals surface area contributed by atoms with Gasteiger partial charge >= 0.3 is 0 Å². The molecule has 5 rings (SSSR count). The van der Waals surface area contributed by atoms with Gasteiger partial charge in [-0.05, 0) is 48.0 Å². The zero-order valence-corrected chi connectivity index (χ0v) is 20.1. The predicted octanol–water partition coefficient (Wildman–Crippen LogP) is 4.85. The fraction of sp³-hybridized carbons (Fsp3) is 0.286. The zero-order valence-electron chi connectivity index (χ0n) is 20.1. The molecule has 0 amide bonds. The molecule has 1 unspecified atom stereocenters. The molecule has 180 valence electrons. The summed E-state index contributed by atoms with van der Waals surface area (Å²) in [4.78, 5) is 14.0. The van der Waals surface area contributed by atoms with Crippen molar-refractivity contribution >= 4 is 16.7 Å². The van der Waals surface area contributed by atoms with Gasteiger partial charge in [0.15, 0.2) is 0 Å². The lowest BCUT2D eigenvalue weighted by molar-refractivity contribution is 0.149. The number of anilines is 1. The predicted molar refractivity (Wildman–Crippen MR) is 138 cm³/mol. The van der Waals surface area contributed by atoms with E-state index in [2.05, 4.69) is 56.4 Å². The van der Waals surface area contributed by atoms with E-state index in [9.17, 15) is 4.39 Å². The van der Waals surface area contributed by atoms with Crippen molar-refractivity contribution in [2.24, 2.45) is 0 Å². The van der Waals surface area contributed by atoms with E-state index in [4.69, 9.17) is 4.74 Å². The first-order valence-corrected chi connectivity index (χ1v) is 11.9. The second-order valence-electron chi connectivity index (χ2n) is 9.02. The van der Waals surface area contributed by atoms with Gasteiger partial charge in [0.1, 0.15) is 29.2 Å². The number of piperazine rings is 1. The van der Waals surface area contributed by atoms with Crippen molar-refractivity contribution in [3.05, 3.63) is 84.4 Å². The average Bonchev–Trinajstić information content (AvgIpc) is 2.90. The molecule has 0 aliphatic carbocycles. The first kappa shape index (κ1) is 23.2. The molecule has 6 nitrogen and oxygen atoms in total. The summed E-state index contributed by atoms with van der Waals surface area (Å²) in [5.41, 5.74) is 3.77. The van der Waals surface area contributed by atoms with Gasteiger partial charge in [0, 0.05) is 38.1 Å². The van der Waals surface area contributed by atoms with Gasteiger partial charge in [-0.25, -0.2) is 14.4 Å². The van der Waals surface area contributed by atoms with Gasteiger partial charge in [0.05, 0.1) is 13.2 Å². The van der Waals surface area contributed by atoms with Crippen LogP contribution in [0, 0.1) is 5.82 Å². The molecule has 1 saturated heterocycles. The molecule has 3 aromatic carbocycles. The Labute approximate surface area is 205 Å². The minimum absolute atomic E-state index is 0.0539. The summed E-state index contributed by atoms with van der Waals surface area (Å²) in [6.45, 7) is 5.08. The molecule has 1 aliphatic rings. The third-order valence-electron chi connectivity index (χ3n) is 6.65. The molecule has 0 saturated carbocycles. The van der Waals surface area contributed by atoms with Crippen LogP contribution in [0.25, 0.3) is 22.0 Å². The van der Waals surface area contributed by atoms with E-state index in [-0.39, 0.29) is 11.9 Å². The van der Waals surface area contributed by atoms with Crippen LogP contribution in [0.2, 0.25) is 0 Å². The summed E-state index contributed by atoms with van der Waals surface area (Å²) in [5, 5.41) is 4.58. The van der Waals surface area contributed by atoms with Crippen molar-refractivity contribution in [2.75, 3.05) is 52.2 Å². The Kier molecular flexibility index (Phi) is 6.88. The van der Waals surface area contributed by atoms with E-state index >= 15 is 0 Å². The highest BCUT2D eigenvalue weighted by Gasteiger charge is 2.21. The first-order chi connectivity index (χ1) is 17.1. The molecule has 1 fully saturated rings. The normalized spacial score (nSPS) is 15.7. The summed E-state index contributed by atoms with van der Waals surface area (Å²) >= 11 is 0. The van der Waals surface area contributed by atoms with Crippen molar-refractivity contribution in [3.63, 3.8) is 0 Å². The quantitative estimate of drug-likeness (QED) is 0.416. The minimum atomic E-state index is -0.262. The van der Waals surface area contributed by atoms with Crippen LogP contribution >= 0.6 is 0 Å². The Morgan fingerprint density at radius 1 is 0.943 bits per heavy atom. The number of hydrogen-bond donors (Lipinski definition) is 1. The Morgan fingerprint density at radius 2 is 1.69 bits per heavy atom. The monoisotopic (exact) mass is 471 g/mol. The van der Waals surface area contributed by atoms with Gasteiger partial charge < -0.3 is 15.0 Å². The molecule has 1 atom stereocenters. The maximum absolute atomic E-state index is 13.5. The van der Waals surface area contributed by atoms with Crippen LogP contribution < -0.4 is 10.1 Å². The number of rotatable bonds is 7. The van der Waals surface area contributed by atoms with E-state index in [1.54, 1.807) is 25.6 Å². The van der Waals surface area contributed by atoms with Crippen LogP contribution in [0.5, 0.6) is 5.75 Å². The van der Waals surface area contributed by atoms with E-state index in [1.165, 1.54) is 17.7 Å². The van der Waals surface area contributed by atoms with Crippen molar-refractivity contribution in [1.29, 1.82) is 0 Å². The second-order valence-corrected chi connectivity index (χ2v) is 9.02. The highest BCUT2D eigenvalue weighted by molar-refractivity contribution is 5.96. The van der Waals surface area contributed by atoms with Crippen LogP contribution in [-0.4, -0.2) is 66.6 Å². The van der Waals surface area contributed by atoms with E-state index < -0.39 is 0 Å². The molecular weight excluding hydrogens is 441 g/mol. The van der Waals surface area contributed by atoms with Gasteiger partial charge in [0.2, 0.25) is 0 Å². The highest BCUT2D eigenvalue weighted by atomic mass is 19.1. The Hall–Kier alpha value is -3.55. The molecule has 35 heavy (non-hydrogen) atoms. The topological polar surface area (TPSA) is 53.5 Å². The largest absolute Gasteiger partial charge is 0.494 e. The molecule has 1 N–H and O–H groups in total. The Balaban J connectivity index is 1.53. The molecule has 1 aromatic heterocycles. The fourth-order valence-corrected chi connectivity index (χ4v) is 4.59. The number of hydrogen-bond acceptors (Lipinski definition) is 6. The van der Waals surface area contributed by atoms with E-state index in [0.717, 1.165) is 60.6 Å². The van der Waals surface area contributed by atoms with Crippen molar-refractivity contribution in [1.82, 2.24) is 19.8 Å². The van der Waals surface area contributed by atoms with Crippen LogP contribution in [0.3, 0.4) is 0 Å². The molecule has 0 spiro atoms. The molecule has 0 radical (unpaired) electrons. The number of methoxy groups -OCH3 is 1. The molecule has 7 heteroatoms. The standard InChI is InChI=1S/C28H30FN5O/c1-33-12-14-34(15-13-33)18-25(21-6-4-3-5-7-21)32-28-24-16-22(20-8-10-23(29)11-9-20)17-26(35-2)27(24)30-19-31-28/h3-11,16-17,19,25H,12-15,18H2,1-2H3,(H,30,31,32). The Bertz CT molecular complexity index is 1270. The lowest BCUT2D eigenvalue weighted by atomic mass is 10.0. The van der Waals surface area contributed by atoms with Gasteiger partial charge in [-0.2, -0.15) is 0 Å². The van der Waals surface area contributed by atoms with Crippen LogP contribution in [-0.2, 0) is 0 Å². The smallest absolute Gasteiger partial charge is 0.145 e. The number of nitrogens with one attached hydrogen (secondary N) is 1. The van der Waals surface area contributed by atoms with Gasteiger partial charge in [-0.1, -0.05) is 42.5 Å². The Morgan fingerprint density at radius 3 is 2.40 bits per heavy atom. The summed E-state index contributed by atoms with van der Waals surface area (Å²) in [7, 11) is 3.81. The van der Waals surface area contributed by atoms with Crippen LogP contribution in [0.4, 0.5) is 10.2 Å². The first-order valence-electron chi connectivity index (χ1n) is 11.9. The minimum Gasteiger partial charge on any atom is -0.494 e. The van der Waals surface area contributed by atoms with Crippen molar-refractivity contribution < 1.29 is 9.13 Å². The lowest BCUT2D eigenvalue weighted by Crippen LogP contribution is -2.46. The second kappa shape index (κ2) is 10.4. The van der Waals surface area contributed by atoms with Gasteiger partial charge in [-0.15, -0.1) is 0 Å². The summed E-state index contributed by atoms with van der Waals surface area (Å²) in [6, 6.07) is 21.0. The molecule has 1 aliphatic heterocycles. The number of aromatic nitrogens is 2. The van der Waals surface area contributed by atoms with Crippen LogP contribution in [0.15, 0.2) is 73.1 Å². The summed E-state index contributed by atoms with van der Waals surface area (Å²) in [5.74, 6) is 1.14. The third-order valence-corrected chi connectivity index (χ3v) is 6.65. The fourth-order valence-electron chi connectivity index (χ4n) is 4.59. The maximum Gasteiger partial charge on any atom is 0.145 e. The van der Waals surface area contributed by atoms with Gasteiger partial charge in [0.25, 0.3) is 0 Å². The molecular formula is C28H30FN5O. The number of likely N-dealkylation sites (N-methyl/N-ethyl adjacent to an activating group) is 1. The van der Waals surface area contributed by atoms with E-state index in [1.807, 2.05) is 18.2 Å². The summed E-state index contributed by atoms with van der Waals surface area (Å²) < 4.78 is 19.2. The van der Waals surface area contributed by atoms with Gasteiger partial charge in [-0.3, -0.25) is 4.90 Å². The number of fused-ring (bicyclic) bond motifs is 1. The number of halogens is 1. The van der Waals surface area contributed by atoms with Crippen molar-refractivity contribution in [2.45, 2.75) is 6.04 Å². The molecule has 2 heterocycles. The van der Waals surface area contributed by atoms with E-state index in [0.29, 0.717) is 5.75 Å². The van der Waals surface area contributed by atoms with Crippen molar-refractivity contribution in [3.8, 4) is 16.9 Å². The number of nitrogens with zero attached hydrogens (tertiary/aromatic N) is 4. The molecule has 0 bridgehead atoms. The SMILES string of the molecule is COc1cc(-c2ccc(F)cc2)cc2c(NC(CN3CCN(C)CC3)c3ccccc3)ncnc12. The number of benzene rings is 3. The zero-order chi connectivity index (χ0) is 24.2. The average molecular weight is 472 g/mol. The number of ether oxygens (including phenoxy) is 1.